The zero-order chi connectivity index (χ0) is 21.2. The number of ether oxygens (including phenoxy) is 2. The van der Waals surface area contributed by atoms with Gasteiger partial charge in [0, 0.05) is 5.57 Å². The van der Waals surface area contributed by atoms with E-state index in [9.17, 15) is 4.79 Å². The molecule has 0 aromatic heterocycles. The largest absolute Gasteiger partial charge is 0.497 e. The summed E-state index contributed by atoms with van der Waals surface area (Å²) in [5.74, 6) is 3.50. The molecule has 28 heavy (non-hydrogen) atoms. The molecule has 1 aromatic rings. The zero-order valence-electron chi connectivity index (χ0n) is 18.4. The van der Waals surface area contributed by atoms with Crippen molar-refractivity contribution < 1.29 is 14.3 Å². The highest BCUT2D eigenvalue weighted by molar-refractivity contribution is 5.80. The summed E-state index contributed by atoms with van der Waals surface area (Å²) in [4.78, 5) is 12.7. The number of methoxy groups -OCH3 is 1. The van der Waals surface area contributed by atoms with E-state index < -0.39 is 0 Å². The number of esters is 1. The highest BCUT2D eigenvalue weighted by Gasteiger charge is 2.61. The third-order valence-corrected chi connectivity index (χ3v) is 5.78. The summed E-state index contributed by atoms with van der Waals surface area (Å²) in [6.07, 6.45) is 7.92. The van der Waals surface area contributed by atoms with Gasteiger partial charge in [0.1, 0.15) is 12.4 Å². The van der Waals surface area contributed by atoms with Crippen LogP contribution in [-0.2, 0) is 9.53 Å². The number of hydrogen-bond donors (Lipinski definition) is 0. The van der Waals surface area contributed by atoms with E-state index in [0.29, 0.717) is 5.57 Å². The maximum atomic E-state index is 12.7. The Bertz CT molecular complexity index is 851. The Labute approximate surface area is 169 Å². The molecule has 1 aliphatic carbocycles. The molecule has 0 amide bonds. The Hall–Kier alpha value is -2.47. The lowest BCUT2D eigenvalue weighted by molar-refractivity contribution is -0.145. The number of allylic oxidation sites excluding steroid dienone is 3. The van der Waals surface area contributed by atoms with Gasteiger partial charge in [0.15, 0.2) is 0 Å². The van der Waals surface area contributed by atoms with Crippen molar-refractivity contribution in [2.75, 3.05) is 13.7 Å². The summed E-state index contributed by atoms with van der Waals surface area (Å²) in [7, 11) is 1.66. The minimum Gasteiger partial charge on any atom is -0.497 e. The van der Waals surface area contributed by atoms with Crippen LogP contribution in [0.2, 0.25) is 0 Å². The van der Waals surface area contributed by atoms with E-state index in [1.807, 2.05) is 32.9 Å². The van der Waals surface area contributed by atoms with Crippen molar-refractivity contribution in [2.24, 2.45) is 17.3 Å². The average Bonchev–Trinajstić information content (AvgIpc) is 3.13. The molecule has 0 aliphatic heterocycles. The molecule has 3 heteroatoms. The van der Waals surface area contributed by atoms with Crippen molar-refractivity contribution in [2.45, 2.75) is 48.5 Å². The molecule has 1 aliphatic rings. The third kappa shape index (κ3) is 4.33. The predicted molar refractivity (Wildman–Crippen MR) is 115 cm³/mol. The van der Waals surface area contributed by atoms with Gasteiger partial charge in [-0.25, -0.2) is 0 Å². The van der Waals surface area contributed by atoms with Crippen LogP contribution in [0.25, 0.3) is 5.57 Å². The Kier molecular flexibility index (Phi) is 6.44. The van der Waals surface area contributed by atoms with Crippen molar-refractivity contribution in [1.29, 1.82) is 0 Å². The third-order valence-electron chi connectivity index (χ3n) is 5.78. The fourth-order valence-corrected chi connectivity index (χ4v) is 4.07. The minimum absolute atomic E-state index is 0.0629. The first-order valence-electron chi connectivity index (χ1n) is 9.68. The lowest BCUT2D eigenvalue weighted by atomic mass is 9.93. The lowest BCUT2D eigenvalue weighted by Crippen LogP contribution is -2.13. The van der Waals surface area contributed by atoms with Gasteiger partial charge in [-0.15, -0.1) is 6.42 Å². The second-order valence-electron chi connectivity index (χ2n) is 8.56. The van der Waals surface area contributed by atoms with Crippen LogP contribution in [0.1, 0.15) is 51.3 Å². The van der Waals surface area contributed by atoms with E-state index in [2.05, 4.69) is 39.7 Å². The smallest absolute Gasteiger partial charge is 0.310 e. The van der Waals surface area contributed by atoms with E-state index >= 15 is 0 Å². The molecule has 0 spiro atoms. The molecule has 3 nitrogen and oxygen atoms in total. The Balaban J connectivity index is 2.20. The number of hydrogen-bond acceptors (Lipinski definition) is 3. The minimum atomic E-state index is -0.170. The maximum absolute atomic E-state index is 12.7. The fourth-order valence-electron chi connectivity index (χ4n) is 4.07. The zero-order valence-corrected chi connectivity index (χ0v) is 18.4. The lowest BCUT2D eigenvalue weighted by Gasteiger charge is -2.15. The van der Waals surface area contributed by atoms with Gasteiger partial charge in [-0.2, -0.15) is 0 Å². The van der Waals surface area contributed by atoms with Gasteiger partial charge >= 0.3 is 5.97 Å². The number of carbonyl (C=O) groups is 1. The monoisotopic (exact) mass is 380 g/mol. The van der Waals surface area contributed by atoms with E-state index in [1.165, 1.54) is 5.57 Å². The van der Waals surface area contributed by atoms with Gasteiger partial charge in [0.25, 0.3) is 0 Å². The van der Waals surface area contributed by atoms with E-state index in [4.69, 9.17) is 15.9 Å². The van der Waals surface area contributed by atoms with Crippen LogP contribution in [0.4, 0.5) is 0 Å². The molecule has 1 fully saturated rings. The number of terminal acetylenes is 1. The molecule has 2 atom stereocenters. The first-order chi connectivity index (χ1) is 13.0. The van der Waals surface area contributed by atoms with Gasteiger partial charge < -0.3 is 9.47 Å². The summed E-state index contributed by atoms with van der Waals surface area (Å²) in [6, 6.07) is 3.98. The second kappa shape index (κ2) is 8.27. The van der Waals surface area contributed by atoms with Crippen molar-refractivity contribution in [3.8, 4) is 18.1 Å². The molecule has 0 radical (unpaired) electrons. The Morgan fingerprint density at radius 3 is 2.25 bits per heavy atom. The quantitative estimate of drug-likeness (QED) is 0.371. The van der Waals surface area contributed by atoms with Gasteiger partial charge in [-0.1, -0.05) is 31.4 Å². The molecule has 150 valence electrons. The molecule has 1 aromatic carbocycles. The fraction of sp³-hybridized carbons (Fsp3) is 0.480. The normalized spacial score (nSPS) is 20.5. The molecule has 0 bridgehead atoms. The van der Waals surface area contributed by atoms with Crippen molar-refractivity contribution in [3.63, 3.8) is 0 Å². The van der Waals surface area contributed by atoms with Crippen LogP contribution in [-0.4, -0.2) is 19.7 Å². The summed E-state index contributed by atoms with van der Waals surface area (Å²) in [5.41, 5.74) is 6.07. The van der Waals surface area contributed by atoms with E-state index in [-0.39, 0.29) is 29.8 Å². The highest BCUT2D eigenvalue weighted by atomic mass is 16.5. The molecule has 0 N–H and O–H groups in total. The Morgan fingerprint density at radius 1 is 1.21 bits per heavy atom. The number of rotatable bonds is 6. The van der Waals surface area contributed by atoms with Crippen LogP contribution in [0.3, 0.4) is 0 Å². The molecule has 2 rings (SSSR count). The molecular formula is C25H32O3. The summed E-state index contributed by atoms with van der Waals surface area (Å²) >= 11 is 0. The number of aryl methyl sites for hydroxylation is 2. The second-order valence-corrected chi connectivity index (χ2v) is 8.56. The molecule has 2 unspecified atom stereocenters. The predicted octanol–water partition coefficient (Wildman–Crippen LogP) is 5.50. The highest BCUT2D eigenvalue weighted by Crippen LogP contribution is 2.59. The van der Waals surface area contributed by atoms with Crippen molar-refractivity contribution in [1.82, 2.24) is 0 Å². The van der Waals surface area contributed by atoms with Crippen molar-refractivity contribution in [3.05, 3.63) is 46.0 Å². The van der Waals surface area contributed by atoms with Crippen LogP contribution in [0.15, 0.2) is 29.4 Å². The topological polar surface area (TPSA) is 35.5 Å². The molecule has 0 saturated heterocycles. The van der Waals surface area contributed by atoms with Crippen LogP contribution < -0.4 is 4.74 Å². The Morgan fingerprint density at radius 2 is 1.79 bits per heavy atom. The van der Waals surface area contributed by atoms with E-state index in [1.54, 1.807) is 7.11 Å². The van der Waals surface area contributed by atoms with E-state index in [0.717, 1.165) is 28.0 Å². The summed E-state index contributed by atoms with van der Waals surface area (Å²) < 4.78 is 11.0. The standard InChI is InChI=1S/C25H32O3/c1-10-19(18(6)22-16(4)12-20(27-9)13-17(22)5)14-28-24(26)23-21(11-15(2)3)25(23,7)8/h1,11-13,21,23H,14H2,2-9H3. The number of carbonyl (C=O) groups excluding carboxylic acids is 1. The van der Waals surface area contributed by atoms with Gasteiger partial charge in [0.2, 0.25) is 0 Å². The van der Waals surface area contributed by atoms with Crippen LogP contribution in [0, 0.1) is 43.4 Å². The summed E-state index contributed by atoms with van der Waals surface area (Å²) in [5, 5.41) is 0. The first kappa shape index (κ1) is 21.8. The van der Waals surface area contributed by atoms with Gasteiger partial charge in [-0.3, -0.25) is 4.79 Å². The SMILES string of the molecule is C#CC(COC(=O)C1C(C=C(C)C)C1(C)C)=C(C)c1c(C)cc(OC)cc1C. The summed E-state index contributed by atoms with van der Waals surface area (Å²) in [6.45, 7) is 14.5. The van der Waals surface area contributed by atoms with Crippen LogP contribution >= 0.6 is 0 Å². The maximum Gasteiger partial charge on any atom is 0.310 e. The first-order valence-corrected chi connectivity index (χ1v) is 9.68. The molecule has 1 saturated carbocycles. The average molecular weight is 381 g/mol. The number of benzene rings is 1. The van der Waals surface area contributed by atoms with Crippen LogP contribution in [0.5, 0.6) is 5.75 Å². The van der Waals surface area contributed by atoms with Gasteiger partial charge in [-0.05, 0) is 80.3 Å². The van der Waals surface area contributed by atoms with Crippen molar-refractivity contribution >= 4 is 11.5 Å². The molecular weight excluding hydrogens is 348 g/mol. The molecule has 0 heterocycles. The van der Waals surface area contributed by atoms with Gasteiger partial charge in [0.05, 0.1) is 13.0 Å².